The predicted octanol–water partition coefficient (Wildman–Crippen LogP) is 3.50. The molecule has 0 bridgehead atoms. The van der Waals surface area contributed by atoms with E-state index in [0.29, 0.717) is 17.3 Å². The summed E-state index contributed by atoms with van der Waals surface area (Å²) in [5, 5.41) is 5.46. The van der Waals surface area contributed by atoms with Gasteiger partial charge in [-0.3, -0.25) is 0 Å². The smallest absolute Gasteiger partial charge is 0.224 e. The monoisotopic (exact) mass is 284 g/mol. The highest BCUT2D eigenvalue weighted by Gasteiger charge is 2.12. The van der Waals surface area contributed by atoms with Crippen LogP contribution in [0.2, 0.25) is 5.02 Å². The fourth-order valence-corrected chi connectivity index (χ4v) is 1.71. The summed E-state index contributed by atoms with van der Waals surface area (Å²) >= 11 is 5.81. The summed E-state index contributed by atoms with van der Waals surface area (Å²) in [6.45, 7) is 1.76. The molecule has 0 aliphatic rings. The highest BCUT2D eigenvalue weighted by atomic mass is 35.5. The highest BCUT2D eigenvalue weighted by Crippen LogP contribution is 2.29. The average molecular weight is 285 g/mol. The molecule has 0 spiro atoms. The zero-order valence-corrected chi connectivity index (χ0v) is 11.0. The molecule has 0 saturated carbocycles. The number of benzene rings is 1. The van der Waals surface area contributed by atoms with Crippen molar-refractivity contribution in [2.45, 2.75) is 6.92 Å². The largest absolute Gasteiger partial charge is 0.357 e. The van der Waals surface area contributed by atoms with Crippen LogP contribution in [-0.4, -0.2) is 17.0 Å². The van der Waals surface area contributed by atoms with Crippen molar-refractivity contribution >= 4 is 29.1 Å². The Kier molecular flexibility index (Phi) is 3.80. The number of nitrogens with zero attached hydrogens (tertiary/aromatic N) is 2. The maximum absolute atomic E-state index is 13.7. The second kappa shape index (κ2) is 5.36. The van der Waals surface area contributed by atoms with Crippen molar-refractivity contribution in [3.05, 3.63) is 40.6 Å². The van der Waals surface area contributed by atoms with E-state index < -0.39 is 11.6 Å². The SMILES string of the molecule is CNc1ncc(C)c(Nc2c(F)cc(F)cc2Cl)n1. The van der Waals surface area contributed by atoms with Gasteiger partial charge in [-0.2, -0.15) is 4.98 Å². The average Bonchev–Trinajstić information content (AvgIpc) is 2.35. The molecule has 0 amide bonds. The fourth-order valence-electron chi connectivity index (χ4n) is 1.47. The molecule has 1 aromatic carbocycles. The first-order valence-electron chi connectivity index (χ1n) is 5.44. The van der Waals surface area contributed by atoms with Crippen molar-refractivity contribution in [3.8, 4) is 0 Å². The number of nitrogens with one attached hydrogen (secondary N) is 2. The molecule has 100 valence electrons. The van der Waals surface area contributed by atoms with E-state index in [1.165, 1.54) is 0 Å². The third-order valence-electron chi connectivity index (χ3n) is 2.45. The third kappa shape index (κ3) is 2.90. The summed E-state index contributed by atoms with van der Waals surface area (Å²) in [5.74, 6) is -0.740. The quantitative estimate of drug-likeness (QED) is 0.906. The first-order valence-corrected chi connectivity index (χ1v) is 5.82. The van der Waals surface area contributed by atoms with Gasteiger partial charge >= 0.3 is 0 Å². The molecular formula is C12H11ClF2N4. The molecule has 0 atom stereocenters. The van der Waals surface area contributed by atoms with Gasteiger partial charge in [0.15, 0.2) is 5.82 Å². The summed E-state index contributed by atoms with van der Waals surface area (Å²) in [4.78, 5) is 8.15. The van der Waals surface area contributed by atoms with Crippen molar-refractivity contribution in [2.75, 3.05) is 17.7 Å². The zero-order chi connectivity index (χ0) is 14.0. The van der Waals surface area contributed by atoms with E-state index in [1.54, 1.807) is 20.2 Å². The number of hydrogen-bond donors (Lipinski definition) is 2. The van der Waals surface area contributed by atoms with Crippen LogP contribution in [0.4, 0.5) is 26.2 Å². The first-order chi connectivity index (χ1) is 9.01. The van der Waals surface area contributed by atoms with Crippen LogP contribution in [0.3, 0.4) is 0 Å². The number of hydrogen-bond acceptors (Lipinski definition) is 4. The first kappa shape index (κ1) is 13.5. The summed E-state index contributed by atoms with van der Waals surface area (Å²) in [7, 11) is 1.67. The molecule has 0 unspecified atom stereocenters. The Balaban J connectivity index is 2.41. The predicted molar refractivity (Wildman–Crippen MR) is 71.0 cm³/mol. The Hall–Kier alpha value is -1.95. The van der Waals surface area contributed by atoms with E-state index in [9.17, 15) is 8.78 Å². The van der Waals surface area contributed by atoms with Gasteiger partial charge in [0.05, 0.1) is 10.7 Å². The Morgan fingerprint density at radius 2 is 2.00 bits per heavy atom. The van der Waals surface area contributed by atoms with Crippen LogP contribution in [0.25, 0.3) is 0 Å². The summed E-state index contributed by atoms with van der Waals surface area (Å²) < 4.78 is 26.6. The van der Waals surface area contributed by atoms with E-state index in [0.717, 1.165) is 12.1 Å². The normalized spacial score (nSPS) is 10.4. The van der Waals surface area contributed by atoms with Crippen LogP contribution in [-0.2, 0) is 0 Å². The van der Waals surface area contributed by atoms with Crippen molar-refractivity contribution in [3.63, 3.8) is 0 Å². The Morgan fingerprint density at radius 1 is 1.26 bits per heavy atom. The van der Waals surface area contributed by atoms with Crippen molar-refractivity contribution in [2.24, 2.45) is 0 Å². The molecule has 2 N–H and O–H groups in total. The fraction of sp³-hybridized carbons (Fsp3) is 0.167. The van der Waals surface area contributed by atoms with E-state index in [4.69, 9.17) is 11.6 Å². The van der Waals surface area contributed by atoms with Gasteiger partial charge in [-0.15, -0.1) is 0 Å². The van der Waals surface area contributed by atoms with Gasteiger partial charge in [0.1, 0.15) is 11.6 Å². The lowest BCUT2D eigenvalue weighted by Crippen LogP contribution is -2.04. The van der Waals surface area contributed by atoms with Gasteiger partial charge in [0, 0.05) is 24.9 Å². The zero-order valence-electron chi connectivity index (χ0n) is 10.3. The molecule has 19 heavy (non-hydrogen) atoms. The molecule has 0 radical (unpaired) electrons. The lowest BCUT2D eigenvalue weighted by Gasteiger charge is -2.12. The van der Waals surface area contributed by atoms with Crippen LogP contribution < -0.4 is 10.6 Å². The minimum atomic E-state index is -0.783. The van der Waals surface area contributed by atoms with E-state index in [1.807, 2.05) is 0 Å². The minimum Gasteiger partial charge on any atom is -0.357 e. The third-order valence-corrected chi connectivity index (χ3v) is 2.74. The summed E-state index contributed by atoms with van der Waals surface area (Å²) in [6.07, 6.45) is 1.58. The molecule has 1 heterocycles. The van der Waals surface area contributed by atoms with Crippen molar-refractivity contribution in [1.82, 2.24) is 9.97 Å². The van der Waals surface area contributed by atoms with Gasteiger partial charge in [-0.25, -0.2) is 13.8 Å². The van der Waals surface area contributed by atoms with E-state index in [2.05, 4.69) is 20.6 Å². The number of aryl methyl sites for hydroxylation is 1. The molecule has 0 aliphatic heterocycles. The molecule has 7 heteroatoms. The highest BCUT2D eigenvalue weighted by molar-refractivity contribution is 6.33. The number of rotatable bonds is 3. The maximum atomic E-state index is 13.7. The van der Waals surface area contributed by atoms with Gasteiger partial charge < -0.3 is 10.6 Å². The molecule has 0 saturated heterocycles. The van der Waals surface area contributed by atoms with Crippen LogP contribution in [0, 0.1) is 18.6 Å². The standard InChI is InChI=1S/C12H11ClF2N4/c1-6-5-17-12(16-2)19-11(6)18-10-8(13)3-7(14)4-9(10)15/h3-5H,1-2H3,(H2,16,17,18,19). The van der Waals surface area contributed by atoms with Gasteiger partial charge in [0.2, 0.25) is 5.95 Å². The van der Waals surface area contributed by atoms with Gasteiger partial charge in [-0.05, 0) is 13.0 Å². The second-order valence-corrected chi connectivity index (χ2v) is 4.25. The molecule has 0 fully saturated rings. The van der Waals surface area contributed by atoms with Crippen LogP contribution in [0.1, 0.15) is 5.56 Å². The van der Waals surface area contributed by atoms with Crippen LogP contribution in [0.15, 0.2) is 18.3 Å². The molecule has 0 aliphatic carbocycles. The molecule has 1 aromatic heterocycles. The van der Waals surface area contributed by atoms with Gasteiger partial charge in [0.25, 0.3) is 0 Å². The van der Waals surface area contributed by atoms with Crippen LogP contribution in [0.5, 0.6) is 0 Å². The lowest BCUT2D eigenvalue weighted by molar-refractivity contribution is 0.586. The second-order valence-electron chi connectivity index (χ2n) is 3.84. The molecule has 4 nitrogen and oxygen atoms in total. The summed E-state index contributed by atoms with van der Waals surface area (Å²) in [5.41, 5.74) is 0.686. The Morgan fingerprint density at radius 3 is 2.63 bits per heavy atom. The van der Waals surface area contributed by atoms with Gasteiger partial charge in [-0.1, -0.05) is 11.6 Å². The molecule has 2 aromatic rings. The molecule has 2 rings (SSSR count). The molecular weight excluding hydrogens is 274 g/mol. The minimum absolute atomic E-state index is 0.0214. The van der Waals surface area contributed by atoms with Crippen molar-refractivity contribution in [1.29, 1.82) is 0 Å². The van der Waals surface area contributed by atoms with Crippen LogP contribution >= 0.6 is 11.6 Å². The van der Waals surface area contributed by atoms with E-state index >= 15 is 0 Å². The summed E-state index contributed by atoms with van der Waals surface area (Å²) in [6, 6.07) is 1.78. The topological polar surface area (TPSA) is 49.8 Å². The lowest BCUT2D eigenvalue weighted by atomic mass is 10.2. The number of anilines is 3. The van der Waals surface area contributed by atoms with E-state index in [-0.39, 0.29) is 10.7 Å². The Labute approximate surface area is 113 Å². The van der Waals surface area contributed by atoms with Crippen molar-refractivity contribution < 1.29 is 8.78 Å². The number of aromatic nitrogens is 2. The number of halogens is 3. The Bertz CT molecular complexity index is 596. The maximum Gasteiger partial charge on any atom is 0.224 e.